The van der Waals surface area contributed by atoms with Crippen molar-refractivity contribution in [3.05, 3.63) is 93.6 Å². The second kappa shape index (κ2) is 15.8. The number of rotatable bonds is 11. The van der Waals surface area contributed by atoms with Crippen LogP contribution in [0.2, 0.25) is 0 Å². The van der Waals surface area contributed by atoms with Gasteiger partial charge in [0.05, 0.1) is 29.2 Å². The van der Waals surface area contributed by atoms with Crippen molar-refractivity contribution in [2.75, 3.05) is 13.1 Å². The van der Waals surface area contributed by atoms with Crippen LogP contribution >= 0.6 is 11.6 Å². The van der Waals surface area contributed by atoms with E-state index in [1.54, 1.807) is 11.0 Å². The van der Waals surface area contributed by atoms with E-state index in [4.69, 9.17) is 16.6 Å². The molecule has 2 heterocycles. The van der Waals surface area contributed by atoms with Crippen LogP contribution in [-0.2, 0) is 11.2 Å². The number of likely N-dealkylation sites (tertiary alicyclic amines) is 1. The van der Waals surface area contributed by atoms with Crippen LogP contribution in [0.4, 0.5) is 8.78 Å². The van der Waals surface area contributed by atoms with E-state index in [2.05, 4.69) is 28.7 Å². The monoisotopic (exact) mass is 609 g/mol. The first-order valence-electron chi connectivity index (χ1n) is 14.8. The molecule has 0 aliphatic carbocycles. The molecular formula is C34H42ClF2N5O. The lowest BCUT2D eigenvalue weighted by Gasteiger charge is -2.33. The van der Waals surface area contributed by atoms with Crippen LogP contribution < -0.4 is 0 Å². The Balaban J connectivity index is 1.86. The van der Waals surface area contributed by atoms with E-state index in [-0.39, 0.29) is 29.7 Å². The summed E-state index contributed by atoms with van der Waals surface area (Å²) in [4.78, 5) is 24.0. The van der Waals surface area contributed by atoms with Crippen molar-refractivity contribution in [1.29, 1.82) is 0 Å². The molecule has 1 fully saturated rings. The molecule has 0 spiro atoms. The van der Waals surface area contributed by atoms with E-state index in [1.165, 1.54) is 18.2 Å². The van der Waals surface area contributed by atoms with Gasteiger partial charge in [-0.1, -0.05) is 63.6 Å². The summed E-state index contributed by atoms with van der Waals surface area (Å²) in [5.74, 6) is -0.738. The molecular weight excluding hydrogens is 568 g/mol. The molecule has 2 aromatic rings. The Morgan fingerprint density at radius 3 is 2.37 bits per heavy atom. The van der Waals surface area contributed by atoms with Gasteiger partial charge < -0.3 is 4.90 Å². The van der Waals surface area contributed by atoms with Crippen LogP contribution in [0.25, 0.3) is 0 Å². The van der Waals surface area contributed by atoms with Crippen molar-refractivity contribution in [2.24, 2.45) is 16.1 Å². The molecule has 9 heteroatoms. The van der Waals surface area contributed by atoms with Gasteiger partial charge in [-0.15, -0.1) is 0 Å². The average molecular weight is 610 g/mol. The molecule has 1 aliphatic rings. The largest absolute Gasteiger partial charge is 0.342 e. The minimum atomic E-state index is -0.703. The van der Waals surface area contributed by atoms with E-state index in [0.717, 1.165) is 46.1 Å². The lowest BCUT2D eigenvalue weighted by Crippen LogP contribution is -2.39. The Morgan fingerprint density at radius 2 is 1.79 bits per heavy atom. The molecule has 1 aliphatic heterocycles. The molecule has 1 saturated heterocycles. The van der Waals surface area contributed by atoms with Crippen molar-refractivity contribution in [3.8, 4) is 0 Å². The van der Waals surface area contributed by atoms with Gasteiger partial charge in [-0.25, -0.2) is 18.7 Å². The first-order valence-corrected chi connectivity index (χ1v) is 15.2. The van der Waals surface area contributed by atoms with Crippen molar-refractivity contribution in [2.45, 2.75) is 79.6 Å². The molecule has 6 nitrogen and oxygen atoms in total. The van der Waals surface area contributed by atoms with Crippen LogP contribution in [0.1, 0.15) is 87.6 Å². The summed E-state index contributed by atoms with van der Waals surface area (Å²) >= 11 is 6.35. The Kier molecular flexibility index (Phi) is 12.5. The van der Waals surface area contributed by atoms with Gasteiger partial charge in [0.15, 0.2) is 0 Å². The van der Waals surface area contributed by atoms with Gasteiger partial charge >= 0.3 is 0 Å². The number of hydrogen-bond donors (Lipinski definition) is 0. The van der Waals surface area contributed by atoms with Crippen molar-refractivity contribution >= 4 is 28.9 Å². The number of allylic oxidation sites excluding steroid dienone is 5. The fraction of sp³-hybridized carbons (Fsp3) is 0.441. The normalized spacial score (nSPS) is 15.8. The Hall–Kier alpha value is -3.52. The number of nitrogens with zero attached hydrogens (tertiary/aromatic N) is 5. The predicted molar refractivity (Wildman–Crippen MR) is 172 cm³/mol. The smallest absolute Gasteiger partial charge is 0.227 e. The summed E-state index contributed by atoms with van der Waals surface area (Å²) in [7, 11) is 0. The number of halogens is 3. The standard InChI is InChI=1S/C34H42ClF2N5O/c1-8-11-31(25(9-2)14-15-28(35)21(3)4)41-40-23(6)33-22(5)38-24(7)39-34(33)26-16-18-42(19-17-26)32(43)20-27-29(36)12-10-13-30(27)37/h9-10,12-15,21,26H,2,8,11,16-20H2,1,3-7H3/b25-14+,28-15+,40-23+,41-31+. The molecule has 1 aromatic heterocycles. The highest BCUT2D eigenvalue weighted by Gasteiger charge is 2.29. The molecule has 1 amide bonds. The van der Waals surface area contributed by atoms with Crippen LogP contribution in [0.15, 0.2) is 63.8 Å². The SMILES string of the molecule is C=CC(=C\C=C(\Cl)C(C)C)/C(CCC)=N/N=C(\C)c1c(C)nc(C)nc1C1CCN(C(=O)Cc2c(F)cccc2F)CC1. The summed E-state index contributed by atoms with van der Waals surface area (Å²) in [5, 5.41) is 10.0. The maximum absolute atomic E-state index is 14.1. The summed E-state index contributed by atoms with van der Waals surface area (Å²) in [6, 6.07) is 3.64. The number of aryl methyl sites for hydroxylation is 2. The van der Waals surface area contributed by atoms with Crippen LogP contribution in [0.3, 0.4) is 0 Å². The van der Waals surface area contributed by atoms with Gasteiger partial charge in [0.2, 0.25) is 5.91 Å². The highest BCUT2D eigenvalue weighted by atomic mass is 35.5. The van der Waals surface area contributed by atoms with Crippen molar-refractivity contribution in [3.63, 3.8) is 0 Å². The van der Waals surface area contributed by atoms with E-state index in [0.29, 0.717) is 37.5 Å². The molecule has 0 unspecified atom stereocenters. The van der Waals surface area contributed by atoms with Gasteiger partial charge in [0.25, 0.3) is 0 Å². The van der Waals surface area contributed by atoms with E-state index in [1.807, 2.05) is 46.8 Å². The molecule has 230 valence electrons. The molecule has 0 radical (unpaired) electrons. The zero-order chi connectivity index (χ0) is 31.7. The summed E-state index contributed by atoms with van der Waals surface area (Å²) in [6.45, 7) is 16.8. The fourth-order valence-electron chi connectivity index (χ4n) is 5.17. The second-order valence-corrected chi connectivity index (χ2v) is 11.6. The molecule has 0 bridgehead atoms. The van der Waals surface area contributed by atoms with E-state index in [9.17, 15) is 13.6 Å². The predicted octanol–water partition coefficient (Wildman–Crippen LogP) is 8.18. The number of aromatic nitrogens is 2. The minimum Gasteiger partial charge on any atom is -0.342 e. The zero-order valence-electron chi connectivity index (χ0n) is 26.1. The van der Waals surface area contributed by atoms with Crippen LogP contribution in [0, 0.1) is 31.4 Å². The number of hydrogen-bond acceptors (Lipinski definition) is 5. The van der Waals surface area contributed by atoms with Crippen molar-refractivity contribution < 1.29 is 13.6 Å². The first kappa shape index (κ1) is 34.0. The summed E-state index contributed by atoms with van der Waals surface area (Å²) in [5.41, 5.74) is 4.74. The van der Waals surface area contributed by atoms with Crippen molar-refractivity contribution in [1.82, 2.24) is 14.9 Å². The maximum Gasteiger partial charge on any atom is 0.227 e. The lowest BCUT2D eigenvalue weighted by atomic mass is 9.88. The Labute approximate surface area is 259 Å². The topological polar surface area (TPSA) is 70.8 Å². The molecule has 0 saturated carbocycles. The minimum absolute atomic E-state index is 0.0702. The summed E-state index contributed by atoms with van der Waals surface area (Å²) in [6.07, 6.45) is 8.21. The average Bonchev–Trinajstić information content (AvgIpc) is 2.97. The highest BCUT2D eigenvalue weighted by Crippen LogP contribution is 2.31. The van der Waals surface area contributed by atoms with Gasteiger partial charge in [0.1, 0.15) is 17.5 Å². The number of carbonyl (C=O) groups is 1. The third-order valence-electron chi connectivity index (χ3n) is 7.55. The highest BCUT2D eigenvalue weighted by molar-refractivity contribution is 6.30. The van der Waals surface area contributed by atoms with Gasteiger partial charge in [-0.2, -0.15) is 10.2 Å². The third-order valence-corrected chi connectivity index (χ3v) is 8.11. The summed E-state index contributed by atoms with van der Waals surface area (Å²) < 4.78 is 28.2. The molecule has 0 N–H and O–H groups in total. The van der Waals surface area contributed by atoms with Crippen LogP contribution in [0.5, 0.6) is 0 Å². The fourth-order valence-corrected chi connectivity index (χ4v) is 5.23. The lowest BCUT2D eigenvalue weighted by molar-refractivity contribution is -0.131. The quantitative estimate of drug-likeness (QED) is 0.146. The van der Waals surface area contributed by atoms with Gasteiger partial charge in [0, 0.05) is 35.2 Å². The Morgan fingerprint density at radius 1 is 1.14 bits per heavy atom. The van der Waals surface area contributed by atoms with Gasteiger partial charge in [-0.3, -0.25) is 4.79 Å². The molecule has 0 atom stereocenters. The number of benzene rings is 1. The molecule has 43 heavy (non-hydrogen) atoms. The number of piperidine rings is 1. The first-order chi connectivity index (χ1) is 20.5. The maximum atomic E-state index is 14.1. The van der Waals surface area contributed by atoms with Gasteiger partial charge in [-0.05, 0) is 69.7 Å². The number of carbonyl (C=O) groups excluding carboxylic acids is 1. The molecule has 1 aromatic carbocycles. The van der Waals surface area contributed by atoms with E-state index < -0.39 is 11.6 Å². The Bertz CT molecular complexity index is 1430. The zero-order valence-corrected chi connectivity index (χ0v) is 26.8. The molecule has 3 rings (SSSR count). The second-order valence-electron chi connectivity index (χ2n) is 11.2. The third kappa shape index (κ3) is 8.99. The van der Waals surface area contributed by atoms with Crippen LogP contribution in [-0.4, -0.2) is 45.3 Å². The number of amides is 1. The van der Waals surface area contributed by atoms with E-state index >= 15 is 0 Å².